The van der Waals surface area contributed by atoms with E-state index in [1.54, 1.807) is 12.2 Å². The topological polar surface area (TPSA) is 147 Å². The summed E-state index contributed by atoms with van der Waals surface area (Å²) in [7, 11) is -4.90. The number of hydrogen-bond donors (Lipinski definition) is 3. The summed E-state index contributed by atoms with van der Waals surface area (Å²) >= 11 is 0. The van der Waals surface area contributed by atoms with Crippen molar-refractivity contribution in [1.82, 2.24) is 0 Å². The summed E-state index contributed by atoms with van der Waals surface area (Å²) in [5.41, 5.74) is -2.03. The van der Waals surface area contributed by atoms with Crippen molar-refractivity contribution in [2.75, 3.05) is 6.61 Å². The molecule has 0 spiro atoms. The zero-order chi connectivity index (χ0) is 24.4. The lowest BCUT2D eigenvalue weighted by Crippen LogP contribution is -2.63. The van der Waals surface area contributed by atoms with Gasteiger partial charge in [0.05, 0.1) is 6.10 Å². The summed E-state index contributed by atoms with van der Waals surface area (Å²) in [6, 6.07) is 0. The predicted molar refractivity (Wildman–Crippen MR) is 116 cm³/mol. The number of hydrogen-bond acceptors (Lipinski definition) is 7. The van der Waals surface area contributed by atoms with Crippen molar-refractivity contribution in [3.05, 3.63) is 23.8 Å². The molecule has 4 aliphatic rings. The molecule has 3 N–H and O–H groups in total. The minimum atomic E-state index is -4.90. The fourth-order valence-electron chi connectivity index (χ4n) is 7.50. The first kappa shape index (κ1) is 24.5. The molecule has 0 radical (unpaired) electrons. The average molecular weight is 482 g/mol. The summed E-state index contributed by atoms with van der Waals surface area (Å²) in [4.78, 5) is 55.5. The number of aliphatic hydroxyl groups excluding tert-OH is 1. The smallest absolute Gasteiger partial charge is 0.451 e. The van der Waals surface area contributed by atoms with Crippen LogP contribution in [0.1, 0.15) is 52.9 Å². The number of phosphoric ester groups is 1. The van der Waals surface area contributed by atoms with Crippen LogP contribution in [-0.2, 0) is 28.2 Å². The highest BCUT2D eigenvalue weighted by Crippen LogP contribution is 2.68. The second kappa shape index (κ2) is 7.95. The average Bonchev–Trinajstić information content (AvgIpc) is 2.98. The number of carbonyl (C=O) groups is 3. The van der Waals surface area contributed by atoms with Crippen LogP contribution in [0.2, 0.25) is 0 Å². The summed E-state index contributed by atoms with van der Waals surface area (Å²) in [6.07, 6.45) is 6.64. The maximum Gasteiger partial charge on any atom is 0.470 e. The Hall–Kier alpha value is -1.64. The van der Waals surface area contributed by atoms with Crippen LogP contribution in [0.25, 0.3) is 0 Å². The molecule has 4 unspecified atom stereocenters. The van der Waals surface area contributed by atoms with Gasteiger partial charge in [0, 0.05) is 23.7 Å². The summed E-state index contributed by atoms with van der Waals surface area (Å²) < 4.78 is 21.4. The van der Waals surface area contributed by atoms with Crippen LogP contribution in [0.4, 0.5) is 0 Å². The lowest BCUT2D eigenvalue weighted by atomic mass is 9.46. The molecule has 4 aliphatic carbocycles. The first-order valence-electron chi connectivity index (χ1n) is 11.3. The normalized spacial score (nSPS) is 42.1. The van der Waals surface area contributed by atoms with Crippen LogP contribution < -0.4 is 0 Å². The van der Waals surface area contributed by atoms with Gasteiger partial charge in [-0.1, -0.05) is 25.5 Å². The van der Waals surface area contributed by atoms with Crippen molar-refractivity contribution < 1.29 is 43.1 Å². The van der Waals surface area contributed by atoms with E-state index >= 15 is 0 Å². The lowest BCUT2D eigenvalue weighted by molar-refractivity contribution is -0.198. The predicted octanol–water partition coefficient (Wildman–Crippen LogP) is 2.25. The molecule has 0 heterocycles. The third-order valence-electron chi connectivity index (χ3n) is 8.75. The zero-order valence-corrected chi connectivity index (χ0v) is 19.9. The van der Waals surface area contributed by atoms with E-state index in [-0.39, 0.29) is 36.4 Å². The zero-order valence-electron chi connectivity index (χ0n) is 19.0. The molecule has 182 valence electrons. The number of allylic oxidation sites excluding steroid dienone is 4. The van der Waals surface area contributed by atoms with Crippen LogP contribution in [0, 0.1) is 28.6 Å². The van der Waals surface area contributed by atoms with Gasteiger partial charge in [-0.15, -0.1) is 0 Å². The van der Waals surface area contributed by atoms with Crippen molar-refractivity contribution in [1.29, 1.82) is 0 Å². The van der Waals surface area contributed by atoms with Crippen molar-refractivity contribution in [2.24, 2.45) is 28.6 Å². The first-order chi connectivity index (χ1) is 15.2. The largest absolute Gasteiger partial charge is 0.470 e. The highest BCUT2D eigenvalue weighted by atomic mass is 31.2. The monoisotopic (exact) mass is 482 g/mol. The minimum absolute atomic E-state index is 0.0201. The number of ether oxygens (including phenoxy) is 1. The van der Waals surface area contributed by atoms with Gasteiger partial charge in [0.25, 0.3) is 0 Å². The third-order valence-corrected chi connectivity index (χ3v) is 9.21. The standard InChI is InChI=1S/C23H31O9P/c1-13(24)32-23(19(27)12-31-33(28,29)30)9-7-17-16-5-4-14-10-15(25)6-8-21(14,2)20(16)18(26)11-22(17,23)3/h6,8,10,16-18,20,26H,4-5,7,9,11-12H2,1-3H3,(H2,28,29,30)/t16?,17?,18?,20?,21-,22-,23-/m0/s1. The van der Waals surface area contributed by atoms with Gasteiger partial charge in [0.1, 0.15) is 6.61 Å². The second-order valence-corrected chi connectivity index (χ2v) is 11.6. The third kappa shape index (κ3) is 3.78. The first-order valence-corrected chi connectivity index (χ1v) is 12.8. The number of esters is 1. The van der Waals surface area contributed by atoms with E-state index in [4.69, 9.17) is 14.5 Å². The van der Waals surface area contributed by atoms with Gasteiger partial charge in [0.15, 0.2) is 11.4 Å². The molecule has 0 aromatic rings. The second-order valence-electron chi connectivity index (χ2n) is 10.4. The molecule has 4 rings (SSSR count). The molecule has 0 amide bonds. The number of ketones is 2. The number of phosphoric acid groups is 1. The number of Topliss-reactive ketones (excluding diaryl/α,β-unsaturated/α-hetero) is 1. The number of carbonyl (C=O) groups excluding carboxylic acids is 3. The molecular formula is C23H31O9P. The molecule has 0 saturated heterocycles. The molecule has 7 atom stereocenters. The van der Waals surface area contributed by atoms with Gasteiger partial charge in [-0.3, -0.25) is 18.9 Å². The summed E-state index contributed by atoms with van der Waals surface area (Å²) in [6.45, 7) is 4.17. The molecule has 33 heavy (non-hydrogen) atoms. The Labute approximate surface area is 192 Å². The number of aliphatic hydroxyl groups is 1. The molecule has 0 bridgehead atoms. The maximum atomic E-state index is 13.3. The molecule has 3 fully saturated rings. The van der Waals surface area contributed by atoms with Crippen molar-refractivity contribution in [3.8, 4) is 0 Å². The Morgan fingerprint density at radius 2 is 1.94 bits per heavy atom. The fraction of sp³-hybridized carbons (Fsp3) is 0.696. The molecular weight excluding hydrogens is 451 g/mol. The van der Waals surface area contributed by atoms with E-state index in [1.807, 2.05) is 19.9 Å². The molecule has 9 nitrogen and oxygen atoms in total. The molecule has 3 saturated carbocycles. The van der Waals surface area contributed by atoms with E-state index < -0.39 is 48.7 Å². The summed E-state index contributed by atoms with van der Waals surface area (Å²) in [5.74, 6) is -1.63. The van der Waals surface area contributed by atoms with Gasteiger partial charge < -0.3 is 19.6 Å². The van der Waals surface area contributed by atoms with E-state index in [0.717, 1.165) is 12.0 Å². The van der Waals surface area contributed by atoms with Crippen LogP contribution in [0.15, 0.2) is 23.8 Å². The molecule has 0 aromatic carbocycles. The highest BCUT2D eigenvalue weighted by Gasteiger charge is 2.70. The maximum absolute atomic E-state index is 13.3. The molecule has 0 aliphatic heterocycles. The summed E-state index contributed by atoms with van der Waals surface area (Å²) in [5, 5.41) is 11.4. The van der Waals surface area contributed by atoms with Crippen LogP contribution in [-0.4, -0.2) is 50.7 Å². The van der Waals surface area contributed by atoms with Gasteiger partial charge in [-0.05, 0) is 56.1 Å². The number of rotatable bonds is 5. The van der Waals surface area contributed by atoms with E-state index in [1.165, 1.54) is 6.92 Å². The van der Waals surface area contributed by atoms with Crippen LogP contribution >= 0.6 is 7.82 Å². The van der Waals surface area contributed by atoms with Crippen molar-refractivity contribution >= 4 is 25.4 Å². The Balaban J connectivity index is 1.72. The fourth-order valence-corrected chi connectivity index (χ4v) is 7.79. The lowest BCUT2D eigenvalue weighted by Gasteiger charge is -2.59. The minimum Gasteiger partial charge on any atom is -0.451 e. The Bertz CT molecular complexity index is 996. The van der Waals surface area contributed by atoms with E-state index in [9.17, 15) is 24.1 Å². The highest BCUT2D eigenvalue weighted by molar-refractivity contribution is 7.46. The number of fused-ring (bicyclic) bond motifs is 5. The van der Waals surface area contributed by atoms with Crippen molar-refractivity contribution in [2.45, 2.75) is 64.6 Å². The molecule has 0 aromatic heterocycles. The van der Waals surface area contributed by atoms with Gasteiger partial charge in [-0.2, -0.15) is 0 Å². The Morgan fingerprint density at radius 1 is 1.24 bits per heavy atom. The Morgan fingerprint density at radius 3 is 2.58 bits per heavy atom. The van der Waals surface area contributed by atoms with Gasteiger partial charge in [0.2, 0.25) is 5.78 Å². The van der Waals surface area contributed by atoms with E-state index in [0.29, 0.717) is 12.8 Å². The SMILES string of the molecule is CC(=O)O[C@]1(C(=O)COP(=O)(O)O)CCC2C3CCC4=CC(=O)C=C[C@]4(C)C3C(O)C[C@@]21C. The quantitative estimate of drug-likeness (QED) is 0.396. The van der Waals surface area contributed by atoms with Crippen LogP contribution in [0.5, 0.6) is 0 Å². The van der Waals surface area contributed by atoms with Crippen LogP contribution in [0.3, 0.4) is 0 Å². The van der Waals surface area contributed by atoms with Crippen molar-refractivity contribution in [3.63, 3.8) is 0 Å². The van der Waals surface area contributed by atoms with E-state index in [2.05, 4.69) is 4.52 Å². The van der Waals surface area contributed by atoms with Gasteiger partial charge >= 0.3 is 13.8 Å². The Kier molecular flexibility index (Phi) is 5.90. The van der Waals surface area contributed by atoms with Gasteiger partial charge in [-0.25, -0.2) is 4.57 Å². The molecule has 10 heteroatoms.